The zero-order valence-corrected chi connectivity index (χ0v) is 16.6. The summed E-state index contributed by atoms with van der Waals surface area (Å²) in [5, 5.41) is 2.66. The van der Waals surface area contributed by atoms with Crippen molar-refractivity contribution >= 4 is 27.5 Å². The molecule has 1 fully saturated rings. The second kappa shape index (κ2) is 7.45. The van der Waals surface area contributed by atoms with Gasteiger partial charge < -0.3 is 15.0 Å². The first kappa shape index (κ1) is 19.3. The fourth-order valence-electron chi connectivity index (χ4n) is 3.28. The maximum Gasteiger partial charge on any atom is 0.272 e. The summed E-state index contributed by atoms with van der Waals surface area (Å²) in [4.78, 5) is 30.0. The van der Waals surface area contributed by atoms with Crippen LogP contribution in [0.4, 0.5) is 5.69 Å². The SMILES string of the molecule is C[C@H]1Oc2ccc(S(=O)(=O)N3CCN(C(=O)c4ccccn4)CC3)cc2NC1=O. The summed E-state index contributed by atoms with van der Waals surface area (Å²) in [7, 11) is -3.77. The number of carbonyl (C=O) groups excluding carboxylic acids is 2. The molecule has 9 nitrogen and oxygen atoms in total. The van der Waals surface area contributed by atoms with Crippen LogP contribution in [0.5, 0.6) is 5.75 Å². The quantitative estimate of drug-likeness (QED) is 0.798. The maximum absolute atomic E-state index is 13.0. The Morgan fingerprint density at radius 1 is 1.17 bits per heavy atom. The normalized spacial score (nSPS) is 19.8. The van der Waals surface area contributed by atoms with E-state index in [-0.39, 0.29) is 42.9 Å². The van der Waals surface area contributed by atoms with E-state index in [1.54, 1.807) is 42.3 Å². The van der Waals surface area contributed by atoms with Gasteiger partial charge in [-0.05, 0) is 37.3 Å². The van der Waals surface area contributed by atoms with Crippen molar-refractivity contribution in [2.75, 3.05) is 31.5 Å². The molecule has 0 aliphatic carbocycles. The molecule has 0 saturated carbocycles. The lowest BCUT2D eigenvalue weighted by molar-refractivity contribution is -0.122. The summed E-state index contributed by atoms with van der Waals surface area (Å²) in [5.74, 6) is -0.110. The van der Waals surface area contributed by atoms with Crippen molar-refractivity contribution in [2.24, 2.45) is 0 Å². The van der Waals surface area contributed by atoms with Crippen molar-refractivity contribution in [1.82, 2.24) is 14.2 Å². The van der Waals surface area contributed by atoms with Crippen molar-refractivity contribution in [3.05, 3.63) is 48.3 Å². The van der Waals surface area contributed by atoms with Crippen molar-refractivity contribution < 1.29 is 22.7 Å². The number of rotatable bonds is 3. The molecule has 0 spiro atoms. The van der Waals surface area contributed by atoms with Crippen molar-refractivity contribution in [2.45, 2.75) is 17.9 Å². The van der Waals surface area contributed by atoms with Gasteiger partial charge in [0.05, 0.1) is 10.6 Å². The van der Waals surface area contributed by atoms with Crippen molar-refractivity contribution in [3.8, 4) is 5.75 Å². The van der Waals surface area contributed by atoms with E-state index >= 15 is 0 Å². The number of nitrogens with one attached hydrogen (secondary N) is 1. The Bertz CT molecular complexity index is 1050. The standard InChI is InChI=1S/C19H20N4O5S/c1-13-18(24)21-16-12-14(5-6-17(16)28-13)29(26,27)23-10-8-22(9-11-23)19(25)15-4-2-3-7-20-15/h2-7,12-13H,8-11H2,1H3,(H,21,24)/t13-/m1/s1. The average molecular weight is 416 g/mol. The Morgan fingerprint density at radius 3 is 2.62 bits per heavy atom. The minimum atomic E-state index is -3.77. The Labute approximate surface area is 168 Å². The highest BCUT2D eigenvalue weighted by atomic mass is 32.2. The van der Waals surface area contributed by atoms with Gasteiger partial charge in [-0.25, -0.2) is 8.42 Å². The van der Waals surface area contributed by atoms with Gasteiger partial charge in [0.1, 0.15) is 11.4 Å². The van der Waals surface area contributed by atoms with E-state index in [0.29, 0.717) is 17.1 Å². The van der Waals surface area contributed by atoms with Gasteiger partial charge in [-0.2, -0.15) is 4.31 Å². The molecular weight excluding hydrogens is 396 g/mol. The number of ether oxygens (including phenoxy) is 1. The molecule has 0 radical (unpaired) electrons. The Balaban J connectivity index is 1.48. The smallest absolute Gasteiger partial charge is 0.272 e. The molecule has 152 valence electrons. The third-order valence-electron chi connectivity index (χ3n) is 4.93. The summed E-state index contributed by atoms with van der Waals surface area (Å²) >= 11 is 0. The first-order valence-corrected chi connectivity index (χ1v) is 10.6. The van der Waals surface area contributed by atoms with Crippen LogP contribution in [0.15, 0.2) is 47.5 Å². The number of pyridine rings is 1. The number of hydrogen-bond donors (Lipinski definition) is 1. The number of fused-ring (bicyclic) bond motifs is 1. The lowest BCUT2D eigenvalue weighted by Crippen LogP contribution is -2.50. The topological polar surface area (TPSA) is 109 Å². The number of amides is 2. The molecule has 2 aliphatic heterocycles. The Kier molecular flexibility index (Phi) is 4.97. The fourth-order valence-corrected chi connectivity index (χ4v) is 4.73. The van der Waals surface area contributed by atoms with Crippen molar-refractivity contribution in [3.63, 3.8) is 0 Å². The van der Waals surface area contributed by atoms with Crippen LogP contribution < -0.4 is 10.1 Å². The van der Waals surface area contributed by atoms with Gasteiger partial charge in [-0.15, -0.1) is 0 Å². The van der Waals surface area contributed by atoms with E-state index in [0.717, 1.165) is 0 Å². The van der Waals surface area contributed by atoms with E-state index in [1.807, 2.05) is 0 Å². The number of sulfonamides is 1. The molecule has 4 rings (SSSR count). The molecular formula is C19H20N4O5S. The average Bonchev–Trinajstić information content (AvgIpc) is 2.74. The summed E-state index contributed by atoms with van der Waals surface area (Å²) in [6.07, 6.45) is 0.919. The summed E-state index contributed by atoms with van der Waals surface area (Å²) in [6, 6.07) is 9.51. The second-order valence-corrected chi connectivity index (χ2v) is 8.76. The highest BCUT2D eigenvalue weighted by Crippen LogP contribution is 2.32. The number of benzene rings is 1. The number of anilines is 1. The van der Waals surface area contributed by atoms with Gasteiger partial charge in [-0.1, -0.05) is 6.07 Å². The van der Waals surface area contributed by atoms with E-state index in [1.165, 1.54) is 16.4 Å². The predicted octanol–water partition coefficient (Wildman–Crippen LogP) is 0.948. The highest BCUT2D eigenvalue weighted by Gasteiger charge is 2.32. The van der Waals surface area contributed by atoms with E-state index < -0.39 is 16.1 Å². The van der Waals surface area contributed by atoms with Crippen LogP contribution in [0, 0.1) is 0 Å². The van der Waals surface area contributed by atoms with Crippen molar-refractivity contribution in [1.29, 1.82) is 0 Å². The van der Waals surface area contributed by atoms with Gasteiger partial charge in [-0.3, -0.25) is 14.6 Å². The predicted molar refractivity (Wildman–Crippen MR) is 104 cm³/mol. The van der Waals surface area contributed by atoms with Crippen LogP contribution >= 0.6 is 0 Å². The van der Waals surface area contributed by atoms with Gasteiger partial charge in [0.15, 0.2) is 6.10 Å². The molecule has 1 aromatic heterocycles. The van der Waals surface area contributed by atoms with Crippen LogP contribution in [0.25, 0.3) is 0 Å². The molecule has 29 heavy (non-hydrogen) atoms. The molecule has 0 bridgehead atoms. The molecule has 1 atom stereocenters. The van der Waals surface area contributed by atoms with E-state index in [2.05, 4.69) is 10.3 Å². The molecule has 2 aromatic rings. The minimum Gasteiger partial charge on any atom is -0.479 e. The van der Waals surface area contributed by atoms with Crippen LogP contribution in [0.3, 0.4) is 0 Å². The van der Waals surface area contributed by atoms with Crippen LogP contribution in [0.2, 0.25) is 0 Å². The number of carbonyl (C=O) groups is 2. The van der Waals surface area contributed by atoms with Gasteiger partial charge >= 0.3 is 0 Å². The van der Waals surface area contributed by atoms with Gasteiger partial charge in [0.2, 0.25) is 10.0 Å². The zero-order chi connectivity index (χ0) is 20.6. The molecule has 2 amide bonds. The van der Waals surface area contributed by atoms with Gasteiger partial charge in [0, 0.05) is 32.4 Å². The lowest BCUT2D eigenvalue weighted by atomic mass is 10.2. The molecule has 3 heterocycles. The molecule has 1 aromatic carbocycles. The molecule has 2 aliphatic rings. The number of aromatic nitrogens is 1. The Hall–Kier alpha value is -2.98. The fraction of sp³-hybridized carbons (Fsp3) is 0.316. The van der Waals surface area contributed by atoms with Crippen LogP contribution in [-0.4, -0.2) is 66.7 Å². The largest absolute Gasteiger partial charge is 0.479 e. The molecule has 10 heteroatoms. The first-order valence-electron chi connectivity index (χ1n) is 9.18. The maximum atomic E-state index is 13.0. The first-order chi connectivity index (χ1) is 13.9. The van der Waals surface area contributed by atoms with Crippen LogP contribution in [0.1, 0.15) is 17.4 Å². The lowest BCUT2D eigenvalue weighted by Gasteiger charge is -2.34. The third-order valence-corrected chi connectivity index (χ3v) is 6.82. The number of piperazine rings is 1. The second-order valence-electron chi connectivity index (χ2n) is 6.82. The number of nitrogens with zero attached hydrogens (tertiary/aromatic N) is 3. The van der Waals surface area contributed by atoms with Crippen LogP contribution in [-0.2, 0) is 14.8 Å². The van der Waals surface area contributed by atoms with Gasteiger partial charge in [0.25, 0.3) is 11.8 Å². The third kappa shape index (κ3) is 3.68. The van der Waals surface area contributed by atoms with E-state index in [4.69, 9.17) is 4.74 Å². The highest BCUT2D eigenvalue weighted by molar-refractivity contribution is 7.89. The Morgan fingerprint density at radius 2 is 1.93 bits per heavy atom. The molecule has 1 saturated heterocycles. The summed E-state index contributed by atoms with van der Waals surface area (Å²) < 4.78 is 32.9. The summed E-state index contributed by atoms with van der Waals surface area (Å²) in [6.45, 7) is 2.53. The zero-order valence-electron chi connectivity index (χ0n) is 15.7. The molecule has 0 unspecified atom stereocenters. The minimum absolute atomic E-state index is 0.0687. The monoisotopic (exact) mass is 416 g/mol. The number of hydrogen-bond acceptors (Lipinski definition) is 6. The van der Waals surface area contributed by atoms with E-state index in [9.17, 15) is 18.0 Å². The molecule has 1 N–H and O–H groups in total. The summed E-state index contributed by atoms with van der Waals surface area (Å²) in [5.41, 5.74) is 0.668.